The minimum atomic E-state index is 0.0334. The number of hydrogen-bond acceptors (Lipinski definition) is 2. The van der Waals surface area contributed by atoms with E-state index in [9.17, 15) is 0 Å². The summed E-state index contributed by atoms with van der Waals surface area (Å²) in [6.07, 6.45) is 0.980. The first-order chi connectivity index (χ1) is 7.02. The van der Waals surface area contributed by atoms with Crippen LogP contribution in [-0.4, -0.2) is 10.1 Å². The molecular weight excluding hydrogens is 186 g/mol. The second-order valence-corrected chi connectivity index (χ2v) is 4.79. The molecule has 1 rings (SSSR count). The third kappa shape index (κ3) is 3.63. The van der Waals surface area contributed by atoms with Crippen molar-refractivity contribution < 1.29 is 5.11 Å². The van der Waals surface area contributed by atoms with Gasteiger partial charge in [0.25, 0.3) is 0 Å². The van der Waals surface area contributed by atoms with Gasteiger partial charge in [0.1, 0.15) is 0 Å². The number of hydrogen-bond donors (Lipinski definition) is 1. The van der Waals surface area contributed by atoms with Gasteiger partial charge in [0.05, 0.1) is 12.3 Å². The van der Waals surface area contributed by atoms with Gasteiger partial charge < -0.3 is 5.11 Å². The summed E-state index contributed by atoms with van der Waals surface area (Å²) in [6.45, 7) is 8.72. The normalized spacial score (nSPS) is 11.4. The molecule has 0 atom stereocenters. The zero-order valence-corrected chi connectivity index (χ0v) is 10.1. The van der Waals surface area contributed by atoms with Gasteiger partial charge in [-0.2, -0.15) is 0 Å². The van der Waals surface area contributed by atoms with Crippen LogP contribution in [0.15, 0.2) is 12.1 Å². The van der Waals surface area contributed by atoms with Gasteiger partial charge in [-0.3, -0.25) is 4.98 Å². The lowest BCUT2D eigenvalue weighted by molar-refractivity contribution is 0.276. The molecule has 1 aromatic heterocycles. The summed E-state index contributed by atoms with van der Waals surface area (Å²) in [4.78, 5) is 4.42. The van der Waals surface area contributed by atoms with Crippen molar-refractivity contribution in [1.82, 2.24) is 4.98 Å². The van der Waals surface area contributed by atoms with Crippen molar-refractivity contribution in [1.29, 1.82) is 0 Å². The van der Waals surface area contributed by atoms with Crippen LogP contribution >= 0.6 is 0 Å². The van der Waals surface area contributed by atoms with Crippen molar-refractivity contribution in [3.63, 3.8) is 0 Å². The lowest BCUT2D eigenvalue weighted by Gasteiger charge is -2.11. The average Bonchev–Trinajstić information content (AvgIpc) is 2.16. The lowest BCUT2D eigenvalue weighted by Crippen LogP contribution is -2.03. The highest BCUT2D eigenvalue weighted by Crippen LogP contribution is 2.18. The molecule has 1 aromatic rings. The molecule has 0 radical (unpaired) electrons. The zero-order chi connectivity index (χ0) is 11.4. The lowest BCUT2D eigenvalue weighted by atomic mass is 9.99. The molecule has 0 aromatic carbocycles. The smallest absolute Gasteiger partial charge is 0.0853 e. The minimum Gasteiger partial charge on any atom is -0.390 e. The van der Waals surface area contributed by atoms with E-state index in [1.807, 2.05) is 6.07 Å². The number of aliphatic hydroxyl groups excluding tert-OH is 1. The first-order valence-corrected chi connectivity index (χ1v) is 5.63. The summed E-state index contributed by atoms with van der Waals surface area (Å²) in [7, 11) is 0. The SMILES string of the molecule is CC(C)Cc1cc(C(C)C)cc(CO)n1. The van der Waals surface area contributed by atoms with E-state index in [2.05, 4.69) is 38.7 Å². The highest BCUT2D eigenvalue weighted by Gasteiger charge is 2.06. The Hall–Kier alpha value is -0.890. The molecule has 0 aliphatic carbocycles. The van der Waals surface area contributed by atoms with Crippen molar-refractivity contribution >= 4 is 0 Å². The molecule has 0 fully saturated rings. The number of aliphatic hydroxyl groups is 1. The molecule has 84 valence electrons. The number of pyridine rings is 1. The van der Waals surface area contributed by atoms with E-state index in [0.29, 0.717) is 11.8 Å². The van der Waals surface area contributed by atoms with Crippen LogP contribution in [0.2, 0.25) is 0 Å². The Balaban J connectivity index is 3.00. The summed E-state index contributed by atoms with van der Waals surface area (Å²) in [5.74, 6) is 1.09. The Morgan fingerprint density at radius 3 is 2.20 bits per heavy atom. The first kappa shape index (κ1) is 12.2. The van der Waals surface area contributed by atoms with Gasteiger partial charge in [-0.05, 0) is 36.0 Å². The highest BCUT2D eigenvalue weighted by molar-refractivity contribution is 5.24. The maximum absolute atomic E-state index is 9.14. The molecule has 2 heteroatoms. The van der Waals surface area contributed by atoms with E-state index in [1.165, 1.54) is 5.56 Å². The molecule has 0 saturated carbocycles. The molecule has 1 heterocycles. The van der Waals surface area contributed by atoms with E-state index in [4.69, 9.17) is 5.11 Å². The van der Waals surface area contributed by atoms with Gasteiger partial charge >= 0.3 is 0 Å². The van der Waals surface area contributed by atoms with Crippen molar-refractivity contribution in [2.75, 3.05) is 0 Å². The van der Waals surface area contributed by atoms with Crippen LogP contribution in [0, 0.1) is 5.92 Å². The predicted octanol–water partition coefficient (Wildman–Crippen LogP) is 2.90. The Morgan fingerprint density at radius 2 is 1.73 bits per heavy atom. The standard InChI is InChI=1S/C13H21NO/c1-9(2)5-12-6-11(10(3)4)7-13(8-15)14-12/h6-7,9-10,15H,5,8H2,1-4H3. The highest BCUT2D eigenvalue weighted by atomic mass is 16.3. The van der Waals surface area contributed by atoms with Crippen LogP contribution < -0.4 is 0 Å². The van der Waals surface area contributed by atoms with E-state index in [0.717, 1.165) is 17.8 Å². The Labute approximate surface area is 92.4 Å². The van der Waals surface area contributed by atoms with E-state index >= 15 is 0 Å². The second-order valence-electron chi connectivity index (χ2n) is 4.79. The Bertz CT molecular complexity index is 318. The molecule has 0 aliphatic rings. The fraction of sp³-hybridized carbons (Fsp3) is 0.615. The minimum absolute atomic E-state index is 0.0334. The molecule has 1 N–H and O–H groups in total. The van der Waals surface area contributed by atoms with Crippen LogP contribution in [0.1, 0.15) is 50.6 Å². The molecular formula is C13H21NO. The van der Waals surface area contributed by atoms with Crippen LogP contribution in [0.3, 0.4) is 0 Å². The molecule has 0 amide bonds. The van der Waals surface area contributed by atoms with E-state index in [-0.39, 0.29) is 6.61 Å². The van der Waals surface area contributed by atoms with Crippen LogP contribution in [-0.2, 0) is 13.0 Å². The molecule has 0 bridgehead atoms. The predicted molar refractivity (Wildman–Crippen MR) is 62.8 cm³/mol. The topological polar surface area (TPSA) is 33.1 Å². The third-order valence-corrected chi connectivity index (χ3v) is 2.40. The zero-order valence-electron chi connectivity index (χ0n) is 10.1. The van der Waals surface area contributed by atoms with Crippen LogP contribution in [0.25, 0.3) is 0 Å². The largest absolute Gasteiger partial charge is 0.390 e. The van der Waals surface area contributed by atoms with E-state index < -0.39 is 0 Å². The van der Waals surface area contributed by atoms with Crippen molar-refractivity contribution in [3.8, 4) is 0 Å². The summed E-state index contributed by atoms with van der Waals surface area (Å²) in [5, 5.41) is 9.14. The van der Waals surface area contributed by atoms with Gasteiger partial charge in [0.15, 0.2) is 0 Å². The molecule has 15 heavy (non-hydrogen) atoms. The van der Waals surface area contributed by atoms with Crippen molar-refractivity contribution in [2.45, 2.75) is 46.6 Å². The Kier molecular flexibility index (Phi) is 4.28. The van der Waals surface area contributed by atoms with E-state index in [1.54, 1.807) is 0 Å². The Morgan fingerprint density at radius 1 is 1.13 bits per heavy atom. The summed E-state index contributed by atoms with van der Waals surface area (Å²) >= 11 is 0. The summed E-state index contributed by atoms with van der Waals surface area (Å²) in [6, 6.07) is 4.15. The number of nitrogens with zero attached hydrogens (tertiary/aromatic N) is 1. The molecule has 0 saturated heterocycles. The fourth-order valence-electron chi connectivity index (χ4n) is 1.61. The quantitative estimate of drug-likeness (QED) is 0.823. The number of rotatable bonds is 4. The van der Waals surface area contributed by atoms with Crippen molar-refractivity contribution in [2.24, 2.45) is 5.92 Å². The van der Waals surface area contributed by atoms with Gasteiger partial charge in [0, 0.05) is 5.69 Å². The summed E-state index contributed by atoms with van der Waals surface area (Å²) in [5.41, 5.74) is 3.15. The van der Waals surface area contributed by atoms with Gasteiger partial charge in [0.2, 0.25) is 0 Å². The van der Waals surface area contributed by atoms with Gasteiger partial charge in [-0.1, -0.05) is 27.7 Å². The van der Waals surface area contributed by atoms with Crippen LogP contribution in [0.5, 0.6) is 0 Å². The van der Waals surface area contributed by atoms with Crippen molar-refractivity contribution in [3.05, 3.63) is 29.1 Å². The third-order valence-electron chi connectivity index (χ3n) is 2.40. The van der Waals surface area contributed by atoms with Gasteiger partial charge in [-0.15, -0.1) is 0 Å². The average molecular weight is 207 g/mol. The molecule has 0 unspecified atom stereocenters. The number of aromatic nitrogens is 1. The van der Waals surface area contributed by atoms with Crippen LogP contribution in [0.4, 0.5) is 0 Å². The maximum atomic E-state index is 9.14. The molecule has 0 spiro atoms. The monoisotopic (exact) mass is 207 g/mol. The second kappa shape index (κ2) is 5.26. The first-order valence-electron chi connectivity index (χ1n) is 5.63. The van der Waals surface area contributed by atoms with Gasteiger partial charge in [-0.25, -0.2) is 0 Å². The molecule has 0 aliphatic heterocycles. The fourth-order valence-corrected chi connectivity index (χ4v) is 1.61. The maximum Gasteiger partial charge on any atom is 0.0853 e. The molecule has 2 nitrogen and oxygen atoms in total. The summed E-state index contributed by atoms with van der Waals surface area (Å²) < 4.78 is 0.